The first-order chi connectivity index (χ1) is 8.72. The quantitative estimate of drug-likeness (QED) is 0.837. The summed E-state index contributed by atoms with van der Waals surface area (Å²) in [6.07, 6.45) is 1.66. The maximum atomic E-state index is 5.69. The Morgan fingerprint density at radius 3 is 2.89 bits per heavy atom. The second-order valence-electron chi connectivity index (χ2n) is 3.81. The topological polar surface area (TPSA) is 80.2 Å². The van der Waals surface area contributed by atoms with Crippen LogP contribution in [0.25, 0.3) is 0 Å². The lowest BCUT2D eigenvalue weighted by Crippen LogP contribution is -2.23. The Morgan fingerprint density at radius 2 is 2.28 bits per heavy atom. The van der Waals surface area contributed by atoms with Crippen LogP contribution in [0.15, 0.2) is 28.9 Å². The lowest BCUT2D eigenvalue weighted by atomic mass is 10.3. The minimum Gasteiger partial charge on any atom is -0.467 e. The van der Waals surface area contributed by atoms with Gasteiger partial charge in [0.1, 0.15) is 17.4 Å². The highest BCUT2D eigenvalue weighted by molar-refractivity contribution is 5.52. The van der Waals surface area contributed by atoms with Crippen LogP contribution in [0.2, 0.25) is 0 Å². The molecule has 96 valence electrons. The summed E-state index contributed by atoms with van der Waals surface area (Å²) in [6.45, 7) is 3.52. The van der Waals surface area contributed by atoms with Crippen molar-refractivity contribution >= 4 is 17.6 Å². The van der Waals surface area contributed by atoms with E-state index in [1.807, 2.05) is 18.2 Å². The van der Waals surface area contributed by atoms with Gasteiger partial charge in [-0.15, -0.1) is 0 Å². The Hall–Kier alpha value is -2.24. The third kappa shape index (κ3) is 2.71. The van der Waals surface area contributed by atoms with Crippen molar-refractivity contribution in [3.8, 4) is 0 Å². The van der Waals surface area contributed by atoms with E-state index in [2.05, 4.69) is 27.1 Å². The molecule has 0 aromatic carbocycles. The van der Waals surface area contributed by atoms with Gasteiger partial charge in [0.05, 0.1) is 12.8 Å². The average molecular weight is 247 g/mol. The van der Waals surface area contributed by atoms with E-state index in [-0.39, 0.29) is 5.95 Å². The largest absolute Gasteiger partial charge is 0.467 e. The number of aromatic nitrogens is 2. The van der Waals surface area contributed by atoms with Gasteiger partial charge in [0.2, 0.25) is 5.95 Å². The Balaban J connectivity index is 2.24. The van der Waals surface area contributed by atoms with Gasteiger partial charge in [-0.05, 0) is 19.1 Å². The van der Waals surface area contributed by atoms with Gasteiger partial charge in [-0.25, -0.2) is 0 Å². The molecule has 0 amide bonds. The van der Waals surface area contributed by atoms with Crippen molar-refractivity contribution in [1.82, 2.24) is 9.97 Å². The van der Waals surface area contributed by atoms with Crippen LogP contribution in [-0.2, 0) is 6.54 Å². The molecular weight excluding hydrogens is 230 g/mol. The first-order valence-electron chi connectivity index (χ1n) is 5.82. The fourth-order valence-corrected chi connectivity index (χ4v) is 1.69. The summed E-state index contributed by atoms with van der Waals surface area (Å²) in [5.74, 6) is 2.64. The van der Waals surface area contributed by atoms with E-state index in [1.165, 1.54) is 0 Å². The molecule has 0 aliphatic carbocycles. The summed E-state index contributed by atoms with van der Waals surface area (Å²) in [4.78, 5) is 10.4. The second kappa shape index (κ2) is 5.39. The number of nitrogens with zero attached hydrogens (tertiary/aromatic N) is 3. The first-order valence-corrected chi connectivity index (χ1v) is 5.82. The molecule has 2 aromatic heterocycles. The third-order valence-electron chi connectivity index (χ3n) is 2.62. The standard InChI is InChI=1S/C12H17N5O/c1-3-17(8-9-5-4-6-18-9)11-7-10(14-2)15-12(13)16-11/h4-7H,3,8H2,1-2H3,(H3,13,14,15,16). The number of anilines is 3. The lowest BCUT2D eigenvalue weighted by Gasteiger charge is -2.21. The predicted octanol–water partition coefficient (Wildman–Crippen LogP) is 1.72. The molecule has 0 saturated heterocycles. The zero-order valence-electron chi connectivity index (χ0n) is 10.6. The molecule has 2 heterocycles. The van der Waals surface area contributed by atoms with Gasteiger partial charge in [-0.3, -0.25) is 0 Å². The van der Waals surface area contributed by atoms with Crippen molar-refractivity contribution in [3.05, 3.63) is 30.2 Å². The van der Waals surface area contributed by atoms with Crippen LogP contribution in [0.4, 0.5) is 17.6 Å². The summed E-state index contributed by atoms with van der Waals surface area (Å²) in [7, 11) is 1.80. The number of rotatable bonds is 5. The summed E-state index contributed by atoms with van der Waals surface area (Å²) in [5.41, 5.74) is 5.69. The highest BCUT2D eigenvalue weighted by Gasteiger charge is 2.10. The molecule has 0 fully saturated rings. The van der Waals surface area contributed by atoms with Crippen molar-refractivity contribution in [1.29, 1.82) is 0 Å². The zero-order chi connectivity index (χ0) is 13.0. The third-order valence-corrected chi connectivity index (χ3v) is 2.62. The Kier molecular flexibility index (Phi) is 3.66. The normalized spacial score (nSPS) is 10.3. The minimum absolute atomic E-state index is 0.259. The Morgan fingerprint density at radius 1 is 1.44 bits per heavy atom. The summed E-state index contributed by atoms with van der Waals surface area (Å²) in [5, 5.41) is 2.96. The molecule has 0 bridgehead atoms. The lowest BCUT2D eigenvalue weighted by molar-refractivity contribution is 0.503. The van der Waals surface area contributed by atoms with E-state index in [0.29, 0.717) is 12.4 Å². The first kappa shape index (κ1) is 12.2. The van der Waals surface area contributed by atoms with E-state index >= 15 is 0 Å². The maximum absolute atomic E-state index is 5.69. The molecule has 3 N–H and O–H groups in total. The van der Waals surface area contributed by atoms with E-state index in [4.69, 9.17) is 10.2 Å². The molecule has 2 aromatic rings. The van der Waals surface area contributed by atoms with Crippen LogP contribution >= 0.6 is 0 Å². The summed E-state index contributed by atoms with van der Waals surface area (Å²) >= 11 is 0. The van der Waals surface area contributed by atoms with Gasteiger partial charge in [0, 0.05) is 19.7 Å². The van der Waals surface area contributed by atoms with E-state index in [9.17, 15) is 0 Å². The SMILES string of the molecule is CCN(Cc1ccco1)c1cc(NC)nc(N)n1. The van der Waals surface area contributed by atoms with Crippen molar-refractivity contribution in [2.75, 3.05) is 29.5 Å². The van der Waals surface area contributed by atoms with Crippen LogP contribution in [0.5, 0.6) is 0 Å². The number of hydrogen-bond donors (Lipinski definition) is 2. The fraction of sp³-hybridized carbons (Fsp3) is 0.333. The van der Waals surface area contributed by atoms with Gasteiger partial charge >= 0.3 is 0 Å². The smallest absolute Gasteiger partial charge is 0.223 e. The van der Waals surface area contributed by atoms with Crippen LogP contribution in [0.3, 0.4) is 0 Å². The molecule has 0 unspecified atom stereocenters. The van der Waals surface area contributed by atoms with E-state index in [0.717, 1.165) is 18.1 Å². The zero-order valence-corrected chi connectivity index (χ0v) is 10.6. The van der Waals surface area contributed by atoms with Gasteiger partial charge in [0.25, 0.3) is 0 Å². The molecule has 0 atom stereocenters. The van der Waals surface area contributed by atoms with Crippen molar-refractivity contribution in [3.63, 3.8) is 0 Å². The fourth-order valence-electron chi connectivity index (χ4n) is 1.69. The molecule has 0 aliphatic rings. The monoisotopic (exact) mass is 247 g/mol. The number of nitrogens with two attached hydrogens (primary N) is 1. The molecule has 6 nitrogen and oxygen atoms in total. The number of nitrogen functional groups attached to an aromatic ring is 1. The molecular formula is C12H17N5O. The summed E-state index contributed by atoms with van der Waals surface area (Å²) < 4.78 is 5.34. The number of hydrogen-bond acceptors (Lipinski definition) is 6. The van der Waals surface area contributed by atoms with Crippen molar-refractivity contribution in [2.24, 2.45) is 0 Å². The molecule has 6 heteroatoms. The van der Waals surface area contributed by atoms with Crippen molar-refractivity contribution < 1.29 is 4.42 Å². The number of nitrogens with one attached hydrogen (secondary N) is 1. The van der Waals surface area contributed by atoms with E-state index in [1.54, 1.807) is 13.3 Å². The molecule has 0 radical (unpaired) electrons. The van der Waals surface area contributed by atoms with Gasteiger partial charge < -0.3 is 20.4 Å². The van der Waals surface area contributed by atoms with Crippen LogP contribution in [-0.4, -0.2) is 23.6 Å². The second-order valence-corrected chi connectivity index (χ2v) is 3.81. The summed E-state index contributed by atoms with van der Waals surface area (Å²) in [6, 6.07) is 5.67. The van der Waals surface area contributed by atoms with Crippen LogP contribution in [0.1, 0.15) is 12.7 Å². The maximum Gasteiger partial charge on any atom is 0.223 e. The molecule has 18 heavy (non-hydrogen) atoms. The molecule has 0 aliphatic heterocycles. The minimum atomic E-state index is 0.259. The van der Waals surface area contributed by atoms with Gasteiger partial charge in [-0.1, -0.05) is 0 Å². The van der Waals surface area contributed by atoms with Crippen LogP contribution < -0.4 is 16.0 Å². The average Bonchev–Trinajstić information content (AvgIpc) is 2.88. The Bertz CT molecular complexity index is 497. The molecule has 0 spiro atoms. The molecule has 2 rings (SSSR count). The highest BCUT2D eigenvalue weighted by atomic mass is 16.3. The highest BCUT2D eigenvalue weighted by Crippen LogP contribution is 2.18. The van der Waals surface area contributed by atoms with Crippen LogP contribution in [0, 0.1) is 0 Å². The molecule has 0 saturated carbocycles. The van der Waals surface area contributed by atoms with Gasteiger partial charge in [0.15, 0.2) is 0 Å². The van der Waals surface area contributed by atoms with Gasteiger partial charge in [-0.2, -0.15) is 9.97 Å². The Labute approximate surface area is 106 Å². The van der Waals surface area contributed by atoms with Crippen molar-refractivity contribution in [2.45, 2.75) is 13.5 Å². The predicted molar refractivity (Wildman–Crippen MR) is 71.4 cm³/mol. The number of furan rings is 1. The van der Waals surface area contributed by atoms with E-state index < -0.39 is 0 Å².